The zero-order chi connectivity index (χ0) is 15.9. The van der Waals surface area contributed by atoms with Crippen LogP contribution >= 0.6 is 0 Å². The van der Waals surface area contributed by atoms with Gasteiger partial charge in [0.25, 0.3) is 0 Å². The van der Waals surface area contributed by atoms with E-state index < -0.39 is 5.54 Å². The molecule has 0 aliphatic heterocycles. The molecule has 1 aliphatic carbocycles. The fraction of sp³-hybridized carbons (Fsp3) is 0.938. The first-order valence-corrected chi connectivity index (χ1v) is 8.15. The minimum absolute atomic E-state index is 0.0639. The lowest BCUT2D eigenvalue weighted by Gasteiger charge is -2.34. The largest absolute Gasteiger partial charge is 0.465 e. The normalized spacial score (nSPS) is 25.8. The third-order valence-corrected chi connectivity index (χ3v) is 4.69. The molecule has 1 N–H and O–H groups in total. The maximum Gasteiger partial charge on any atom is 0.326 e. The Morgan fingerprint density at radius 2 is 2.00 bits per heavy atom. The van der Waals surface area contributed by atoms with E-state index in [9.17, 15) is 4.79 Å². The van der Waals surface area contributed by atoms with Crippen LogP contribution in [-0.4, -0.2) is 75.7 Å². The van der Waals surface area contributed by atoms with Gasteiger partial charge in [0.1, 0.15) is 5.54 Å². The molecule has 1 saturated carbocycles. The molecule has 0 heterocycles. The summed E-state index contributed by atoms with van der Waals surface area (Å²) in [6.07, 6.45) is 4.16. The van der Waals surface area contributed by atoms with Crippen LogP contribution < -0.4 is 5.32 Å². The van der Waals surface area contributed by atoms with Gasteiger partial charge in [-0.1, -0.05) is 6.42 Å². The molecule has 0 bridgehead atoms. The molecule has 0 spiro atoms. The lowest BCUT2D eigenvalue weighted by atomic mass is 9.84. The van der Waals surface area contributed by atoms with Gasteiger partial charge in [-0.15, -0.1) is 0 Å². The van der Waals surface area contributed by atoms with Crippen molar-refractivity contribution in [2.24, 2.45) is 5.92 Å². The molecule has 0 aromatic heterocycles. The topological polar surface area (TPSA) is 44.8 Å². The summed E-state index contributed by atoms with van der Waals surface area (Å²) in [6, 6.07) is 0. The Labute approximate surface area is 130 Å². The number of hydrogen-bond donors (Lipinski definition) is 1. The van der Waals surface area contributed by atoms with Gasteiger partial charge < -0.3 is 19.9 Å². The van der Waals surface area contributed by atoms with E-state index in [2.05, 4.69) is 36.3 Å². The number of carbonyl (C=O) groups excluding carboxylic acids is 1. The van der Waals surface area contributed by atoms with Crippen molar-refractivity contribution in [1.82, 2.24) is 15.1 Å². The van der Waals surface area contributed by atoms with Crippen LogP contribution in [0.15, 0.2) is 0 Å². The molecule has 1 fully saturated rings. The summed E-state index contributed by atoms with van der Waals surface area (Å²) < 4.78 is 5.31. The third-order valence-electron chi connectivity index (χ3n) is 4.69. The smallest absolute Gasteiger partial charge is 0.326 e. The Kier molecular flexibility index (Phi) is 7.63. The Hall–Kier alpha value is -0.650. The Morgan fingerprint density at radius 3 is 2.57 bits per heavy atom. The van der Waals surface area contributed by atoms with Crippen LogP contribution in [0.5, 0.6) is 0 Å². The molecule has 0 radical (unpaired) electrons. The highest BCUT2D eigenvalue weighted by molar-refractivity contribution is 5.81. The van der Waals surface area contributed by atoms with Gasteiger partial charge in [-0.25, -0.2) is 0 Å². The average Bonchev–Trinajstić information content (AvgIpc) is 2.87. The standard InChI is InChI=1S/C16H33N3O2/c1-6-21-15(20)16(17-2)10-7-8-14(16)9-11-19(5)13-12-18(3)4/h14,17H,6-13H2,1-5H3. The van der Waals surface area contributed by atoms with Crippen molar-refractivity contribution in [3.05, 3.63) is 0 Å². The second-order valence-electron chi connectivity index (χ2n) is 6.43. The summed E-state index contributed by atoms with van der Waals surface area (Å²) in [5.74, 6) is 0.314. The number of hydrogen-bond acceptors (Lipinski definition) is 5. The van der Waals surface area contributed by atoms with Crippen LogP contribution in [0.25, 0.3) is 0 Å². The second kappa shape index (κ2) is 8.71. The average molecular weight is 299 g/mol. The fourth-order valence-corrected chi connectivity index (χ4v) is 3.29. The van der Waals surface area contributed by atoms with Gasteiger partial charge in [0.05, 0.1) is 6.61 Å². The summed E-state index contributed by atoms with van der Waals surface area (Å²) in [7, 11) is 8.24. The Bertz CT molecular complexity index is 323. The summed E-state index contributed by atoms with van der Waals surface area (Å²) in [5, 5.41) is 3.28. The van der Waals surface area contributed by atoms with Gasteiger partial charge in [-0.2, -0.15) is 0 Å². The molecule has 0 aromatic rings. The van der Waals surface area contributed by atoms with Crippen molar-refractivity contribution < 1.29 is 9.53 Å². The van der Waals surface area contributed by atoms with E-state index >= 15 is 0 Å². The minimum atomic E-state index is -0.460. The number of likely N-dealkylation sites (N-methyl/N-ethyl adjacent to an activating group) is 3. The first-order valence-electron chi connectivity index (χ1n) is 8.15. The molecule has 1 rings (SSSR count). The number of nitrogens with one attached hydrogen (secondary N) is 1. The van der Waals surface area contributed by atoms with Gasteiger partial charge >= 0.3 is 5.97 Å². The van der Waals surface area contributed by atoms with Crippen LogP contribution in [0.4, 0.5) is 0 Å². The molecule has 0 amide bonds. The molecule has 5 heteroatoms. The Balaban J connectivity index is 2.53. The van der Waals surface area contributed by atoms with Crippen LogP contribution in [-0.2, 0) is 9.53 Å². The molecule has 21 heavy (non-hydrogen) atoms. The zero-order valence-corrected chi connectivity index (χ0v) is 14.4. The van der Waals surface area contributed by atoms with Crippen molar-refractivity contribution in [2.45, 2.75) is 38.1 Å². The second-order valence-corrected chi connectivity index (χ2v) is 6.43. The Morgan fingerprint density at radius 1 is 1.29 bits per heavy atom. The molecule has 124 valence electrons. The van der Waals surface area contributed by atoms with Crippen LogP contribution in [0.2, 0.25) is 0 Å². The van der Waals surface area contributed by atoms with Crippen molar-refractivity contribution >= 4 is 5.97 Å². The molecular weight excluding hydrogens is 266 g/mol. The lowest BCUT2D eigenvalue weighted by Crippen LogP contribution is -2.54. The van der Waals surface area contributed by atoms with Gasteiger partial charge in [-0.05, 0) is 66.8 Å². The highest BCUT2D eigenvalue weighted by Crippen LogP contribution is 2.38. The summed E-state index contributed by atoms with van der Waals surface area (Å²) >= 11 is 0. The lowest BCUT2D eigenvalue weighted by molar-refractivity contribution is -0.153. The summed E-state index contributed by atoms with van der Waals surface area (Å²) in [5.41, 5.74) is -0.460. The van der Waals surface area contributed by atoms with Crippen molar-refractivity contribution in [3.8, 4) is 0 Å². The van der Waals surface area contributed by atoms with Crippen molar-refractivity contribution in [1.29, 1.82) is 0 Å². The number of rotatable bonds is 9. The van der Waals surface area contributed by atoms with Crippen LogP contribution in [0.3, 0.4) is 0 Å². The monoisotopic (exact) mass is 299 g/mol. The van der Waals surface area contributed by atoms with E-state index in [4.69, 9.17) is 4.74 Å². The van der Waals surface area contributed by atoms with Crippen LogP contribution in [0, 0.1) is 5.92 Å². The number of carbonyl (C=O) groups is 1. The van der Waals surface area contributed by atoms with Gasteiger partial charge in [-0.3, -0.25) is 4.79 Å². The number of nitrogens with zero attached hydrogens (tertiary/aromatic N) is 2. The summed E-state index contributed by atoms with van der Waals surface area (Å²) in [4.78, 5) is 16.9. The maximum atomic E-state index is 12.4. The molecule has 2 atom stereocenters. The van der Waals surface area contributed by atoms with E-state index in [0.29, 0.717) is 12.5 Å². The van der Waals surface area contributed by atoms with Gasteiger partial charge in [0, 0.05) is 13.1 Å². The first-order chi connectivity index (χ1) is 9.96. The molecule has 1 aliphatic rings. The highest BCUT2D eigenvalue weighted by atomic mass is 16.5. The van der Waals surface area contributed by atoms with Gasteiger partial charge in [0.15, 0.2) is 0 Å². The van der Waals surface area contributed by atoms with E-state index in [1.807, 2.05) is 14.0 Å². The van der Waals surface area contributed by atoms with Crippen LogP contribution in [0.1, 0.15) is 32.6 Å². The van der Waals surface area contributed by atoms with Gasteiger partial charge in [0.2, 0.25) is 0 Å². The first kappa shape index (κ1) is 18.4. The maximum absolute atomic E-state index is 12.4. The van der Waals surface area contributed by atoms with Crippen molar-refractivity contribution in [3.63, 3.8) is 0 Å². The molecule has 5 nitrogen and oxygen atoms in total. The fourth-order valence-electron chi connectivity index (χ4n) is 3.29. The zero-order valence-electron chi connectivity index (χ0n) is 14.4. The molecular formula is C16H33N3O2. The van der Waals surface area contributed by atoms with Crippen molar-refractivity contribution in [2.75, 3.05) is 54.4 Å². The van der Waals surface area contributed by atoms with E-state index in [0.717, 1.165) is 45.3 Å². The number of esters is 1. The quantitative estimate of drug-likeness (QED) is 0.648. The number of ether oxygens (including phenoxy) is 1. The van der Waals surface area contributed by atoms with E-state index in [1.54, 1.807) is 0 Å². The van der Waals surface area contributed by atoms with E-state index in [1.165, 1.54) is 0 Å². The predicted molar refractivity (Wildman–Crippen MR) is 86.4 cm³/mol. The molecule has 0 saturated heterocycles. The highest BCUT2D eigenvalue weighted by Gasteiger charge is 2.48. The minimum Gasteiger partial charge on any atom is -0.465 e. The predicted octanol–water partition coefficient (Wildman–Crippen LogP) is 1.19. The summed E-state index contributed by atoms with van der Waals surface area (Å²) in [6.45, 7) is 5.49. The SMILES string of the molecule is CCOC(=O)C1(NC)CCCC1CCN(C)CCN(C)C. The molecule has 2 unspecified atom stereocenters. The van der Waals surface area contributed by atoms with E-state index in [-0.39, 0.29) is 5.97 Å². The third kappa shape index (κ3) is 4.94. The molecule has 0 aromatic carbocycles.